The zero-order chi connectivity index (χ0) is 13.5. The van der Waals surface area contributed by atoms with E-state index in [-0.39, 0.29) is 0 Å². The van der Waals surface area contributed by atoms with Gasteiger partial charge in [0, 0.05) is 19.3 Å². The minimum absolute atomic E-state index is 0.480. The monoisotopic (exact) mass is 268 g/mol. The second kappa shape index (κ2) is 4.45. The fourth-order valence-corrected chi connectivity index (χ4v) is 2.65. The highest BCUT2D eigenvalue weighted by molar-refractivity contribution is 5.72. The number of hydrogen-bond donors (Lipinski definition) is 0. The molecule has 1 saturated heterocycles. The summed E-state index contributed by atoms with van der Waals surface area (Å²) in [6.07, 6.45) is 4.00. The van der Waals surface area contributed by atoms with Crippen molar-refractivity contribution in [1.82, 2.24) is 19.7 Å². The summed E-state index contributed by atoms with van der Waals surface area (Å²) in [5.41, 5.74) is 3.01. The molecule has 3 heterocycles. The van der Waals surface area contributed by atoms with E-state index in [1.54, 1.807) is 0 Å². The maximum atomic E-state index is 5.74. The van der Waals surface area contributed by atoms with Crippen LogP contribution < -0.4 is 0 Å². The quantitative estimate of drug-likeness (QED) is 0.731. The molecule has 0 spiro atoms. The summed E-state index contributed by atoms with van der Waals surface area (Å²) in [6.45, 7) is 4.84. The number of fused-ring (bicyclic) bond motifs is 1. The zero-order valence-electron chi connectivity index (χ0n) is 11.4. The average Bonchev–Trinajstić information content (AvgIpc) is 2.98. The molecular weight excluding hydrogens is 252 g/mol. The van der Waals surface area contributed by atoms with Gasteiger partial charge in [-0.1, -0.05) is 12.1 Å². The molecule has 4 rings (SSSR count). The second-order valence-electron chi connectivity index (χ2n) is 5.42. The summed E-state index contributed by atoms with van der Waals surface area (Å²) >= 11 is 0. The van der Waals surface area contributed by atoms with E-state index >= 15 is 0 Å². The van der Waals surface area contributed by atoms with Gasteiger partial charge in [0.2, 0.25) is 5.89 Å². The van der Waals surface area contributed by atoms with E-state index in [1.165, 1.54) is 5.56 Å². The van der Waals surface area contributed by atoms with E-state index in [2.05, 4.69) is 32.8 Å². The van der Waals surface area contributed by atoms with Gasteiger partial charge in [0.1, 0.15) is 5.52 Å². The van der Waals surface area contributed by atoms with Crippen LogP contribution in [0.4, 0.5) is 0 Å². The highest BCUT2D eigenvalue weighted by Gasteiger charge is 2.29. The molecule has 0 bridgehead atoms. The van der Waals surface area contributed by atoms with Gasteiger partial charge in [0.15, 0.2) is 5.58 Å². The maximum Gasteiger partial charge on any atom is 0.209 e. The van der Waals surface area contributed by atoms with Gasteiger partial charge in [-0.2, -0.15) is 5.10 Å². The van der Waals surface area contributed by atoms with Crippen LogP contribution in [0.5, 0.6) is 0 Å². The van der Waals surface area contributed by atoms with Crippen LogP contribution >= 0.6 is 0 Å². The number of oxazole rings is 1. The molecule has 0 amide bonds. The fourth-order valence-electron chi connectivity index (χ4n) is 2.65. The molecule has 2 aromatic heterocycles. The van der Waals surface area contributed by atoms with Gasteiger partial charge in [0.05, 0.1) is 18.8 Å². The molecule has 1 aromatic carbocycles. The van der Waals surface area contributed by atoms with Crippen molar-refractivity contribution in [1.29, 1.82) is 0 Å². The van der Waals surface area contributed by atoms with Crippen LogP contribution in [0.25, 0.3) is 11.1 Å². The third-order valence-corrected chi connectivity index (χ3v) is 3.74. The molecule has 1 aliphatic rings. The number of nitrogens with zero attached hydrogens (tertiary/aromatic N) is 4. The summed E-state index contributed by atoms with van der Waals surface area (Å²) in [4.78, 5) is 6.83. The number of para-hydroxylation sites is 2. The Hall–Kier alpha value is -2.14. The molecular formula is C15H16N4O. The maximum absolute atomic E-state index is 5.74. The van der Waals surface area contributed by atoms with Gasteiger partial charge in [-0.3, -0.25) is 9.58 Å². The minimum atomic E-state index is 0.480. The first-order valence-electron chi connectivity index (χ1n) is 6.85. The molecule has 1 aliphatic heterocycles. The van der Waals surface area contributed by atoms with Gasteiger partial charge in [-0.05, 0) is 24.6 Å². The normalized spacial score (nSPS) is 16.6. The summed E-state index contributed by atoms with van der Waals surface area (Å²) in [5.74, 6) is 0.793. The second-order valence-corrected chi connectivity index (χ2v) is 5.42. The number of rotatable bonds is 3. The molecule has 0 aliphatic carbocycles. The largest absolute Gasteiger partial charge is 0.439 e. The lowest BCUT2D eigenvalue weighted by molar-refractivity contribution is 0.0821. The van der Waals surface area contributed by atoms with E-state index in [1.807, 2.05) is 30.5 Å². The number of aryl methyl sites for hydroxylation is 1. The molecule has 5 heteroatoms. The van der Waals surface area contributed by atoms with Crippen LogP contribution in [-0.2, 0) is 6.54 Å². The van der Waals surface area contributed by atoms with Crippen molar-refractivity contribution in [2.45, 2.75) is 19.5 Å². The number of hydrogen-bond acceptors (Lipinski definition) is 4. The molecule has 0 saturated carbocycles. The molecule has 0 N–H and O–H groups in total. The van der Waals surface area contributed by atoms with Crippen molar-refractivity contribution >= 4 is 11.1 Å². The van der Waals surface area contributed by atoms with Crippen LogP contribution in [0.1, 0.15) is 17.5 Å². The third kappa shape index (κ3) is 2.00. The summed E-state index contributed by atoms with van der Waals surface area (Å²) < 4.78 is 7.80. The van der Waals surface area contributed by atoms with Crippen LogP contribution in [-0.4, -0.2) is 32.8 Å². The Morgan fingerprint density at radius 1 is 1.30 bits per heavy atom. The highest BCUT2D eigenvalue weighted by atomic mass is 16.3. The van der Waals surface area contributed by atoms with Crippen LogP contribution in [0.15, 0.2) is 41.1 Å². The van der Waals surface area contributed by atoms with E-state index in [0.717, 1.165) is 36.6 Å². The Morgan fingerprint density at radius 2 is 2.15 bits per heavy atom. The predicted molar refractivity (Wildman–Crippen MR) is 75.3 cm³/mol. The summed E-state index contributed by atoms with van der Waals surface area (Å²) in [7, 11) is 0. The molecule has 0 radical (unpaired) electrons. The van der Waals surface area contributed by atoms with E-state index < -0.39 is 0 Å². The van der Waals surface area contributed by atoms with E-state index in [4.69, 9.17) is 4.42 Å². The standard InChI is InChI=1S/C15H16N4O/c1-11-6-16-19(7-11)12-8-18(9-12)10-15-17-13-4-2-3-5-14(13)20-15/h2-7,12H,8-10H2,1H3. The number of aromatic nitrogens is 3. The van der Waals surface area contributed by atoms with Crippen LogP contribution in [0.2, 0.25) is 0 Å². The average molecular weight is 268 g/mol. The molecule has 3 aromatic rings. The molecule has 20 heavy (non-hydrogen) atoms. The Kier molecular flexibility index (Phi) is 2.60. The summed E-state index contributed by atoms with van der Waals surface area (Å²) in [5, 5.41) is 4.36. The van der Waals surface area contributed by atoms with Crippen LogP contribution in [0, 0.1) is 6.92 Å². The van der Waals surface area contributed by atoms with Gasteiger partial charge in [0.25, 0.3) is 0 Å². The van der Waals surface area contributed by atoms with Crippen molar-refractivity contribution in [2.24, 2.45) is 0 Å². The number of likely N-dealkylation sites (tertiary alicyclic amines) is 1. The van der Waals surface area contributed by atoms with E-state index in [9.17, 15) is 0 Å². The molecule has 5 nitrogen and oxygen atoms in total. The van der Waals surface area contributed by atoms with Crippen molar-refractivity contribution in [3.05, 3.63) is 48.1 Å². The first kappa shape index (κ1) is 11.7. The highest BCUT2D eigenvalue weighted by Crippen LogP contribution is 2.24. The van der Waals surface area contributed by atoms with Crippen molar-refractivity contribution in [3.8, 4) is 0 Å². The molecule has 102 valence electrons. The van der Waals surface area contributed by atoms with Gasteiger partial charge < -0.3 is 4.42 Å². The number of benzene rings is 1. The van der Waals surface area contributed by atoms with Crippen molar-refractivity contribution in [2.75, 3.05) is 13.1 Å². The fraction of sp³-hybridized carbons (Fsp3) is 0.333. The Labute approximate surface area is 116 Å². The topological polar surface area (TPSA) is 47.1 Å². The lowest BCUT2D eigenvalue weighted by Gasteiger charge is -2.38. The first-order valence-corrected chi connectivity index (χ1v) is 6.85. The Bertz CT molecular complexity index is 706. The predicted octanol–water partition coefficient (Wildman–Crippen LogP) is 2.39. The van der Waals surface area contributed by atoms with E-state index in [0.29, 0.717) is 6.04 Å². The molecule has 0 unspecified atom stereocenters. The smallest absolute Gasteiger partial charge is 0.209 e. The Balaban J connectivity index is 1.41. The van der Waals surface area contributed by atoms with Gasteiger partial charge in [-0.15, -0.1) is 0 Å². The van der Waals surface area contributed by atoms with Gasteiger partial charge in [-0.25, -0.2) is 4.98 Å². The molecule has 1 fully saturated rings. The van der Waals surface area contributed by atoms with Crippen LogP contribution in [0.3, 0.4) is 0 Å². The van der Waals surface area contributed by atoms with Crippen molar-refractivity contribution < 1.29 is 4.42 Å². The lowest BCUT2D eigenvalue weighted by atomic mass is 10.1. The zero-order valence-corrected chi connectivity index (χ0v) is 11.4. The SMILES string of the molecule is Cc1cnn(C2CN(Cc3nc4ccccc4o3)C2)c1. The first-order chi connectivity index (χ1) is 9.78. The minimum Gasteiger partial charge on any atom is -0.439 e. The lowest BCUT2D eigenvalue weighted by Crippen LogP contribution is -2.47. The Morgan fingerprint density at radius 3 is 2.90 bits per heavy atom. The van der Waals surface area contributed by atoms with Gasteiger partial charge >= 0.3 is 0 Å². The summed E-state index contributed by atoms with van der Waals surface area (Å²) in [6, 6.07) is 8.36. The molecule has 0 atom stereocenters. The van der Waals surface area contributed by atoms with Crippen molar-refractivity contribution in [3.63, 3.8) is 0 Å². The third-order valence-electron chi connectivity index (χ3n) is 3.74.